The number of likely N-dealkylation sites (N-methyl/N-ethyl adjacent to an activating group) is 1. The zero-order chi connectivity index (χ0) is 15.4. The summed E-state index contributed by atoms with van der Waals surface area (Å²) in [5, 5.41) is 8.95. The van der Waals surface area contributed by atoms with E-state index in [2.05, 4.69) is 4.98 Å². The average molecular weight is 292 g/mol. The first-order valence-electron chi connectivity index (χ1n) is 7.03. The molecule has 0 aliphatic heterocycles. The van der Waals surface area contributed by atoms with Crippen LogP contribution in [0.3, 0.4) is 0 Å². The van der Waals surface area contributed by atoms with E-state index in [0.29, 0.717) is 24.8 Å². The number of carboxylic acid groups (broad SMARTS) is 1. The Kier molecular flexibility index (Phi) is 4.90. The lowest BCUT2D eigenvalue weighted by molar-refractivity contribution is 0.0669. The van der Waals surface area contributed by atoms with E-state index >= 15 is 0 Å². The number of amides is 1. The third-order valence-corrected chi connectivity index (χ3v) is 3.50. The average Bonchev–Trinajstić information content (AvgIpc) is 3.26. The number of pyridine rings is 1. The summed E-state index contributed by atoms with van der Waals surface area (Å²) >= 11 is 0. The van der Waals surface area contributed by atoms with Gasteiger partial charge in [0.2, 0.25) is 0 Å². The topological polar surface area (TPSA) is 79.7 Å². The number of hydrogen-bond acceptors (Lipinski definition) is 4. The summed E-state index contributed by atoms with van der Waals surface area (Å²) in [6.45, 7) is 3.35. The van der Waals surface area contributed by atoms with Crippen molar-refractivity contribution in [2.75, 3.05) is 26.8 Å². The van der Waals surface area contributed by atoms with Gasteiger partial charge in [-0.3, -0.25) is 4.79 Å². The second kappa shape index (κ2) is 6.67. The molecule has 0 bridgehead atoms. The van der Waals surface area contributed by atoms with Crippen molar-refractivity contribution in [1.82, 2.24) is 9.88 Å². The molecule has 6 heteroatoms. The van der Waals surface area contributed by atoms with E-state index in [1.165, 1.54) is 29.9 Å². The first kappa shape index (κ1) is 15.4. The molecule has 2 rings (SSSR count). The van der Waals surface area contributed by atoms with E-state index in [4.69, 9.17) is 9.84 Å². The summed E-state index contributed by atoms with van der Waals surface area (Å²) in [4.78, 5) is 28.7. The van der Waals surface area contributed by atoms with Crippen molar-refractivity contribution in [2.24, 2.45) is 5.92 Å². The Morgan fingerprint density at radius 3 is 2.71 bits per heavy atom. The summed E-state index contributed by atoms with van der Waals surface area (Å²) in [7, 11) is 1.69. The molecule has 1 saturated carbocycles. The van der Waals surface area contributed by atoms with Gasteiger partial charge in [0.05, 0.1) is 17.9 Å². The smallest absolute Gasteiger partial charge is 0.337 e. The van der Waals surface area contributed by atoms with Gasteiger partial charge >= 0.3 is 5.97 Å². The highest BCUT2D eigenvalue weighted by Gasteiger charge is 2.21. The molecule has 0 atom stereocenters. The van der Waals surface area contributed by atoms with Gasteiger partial charge in [0.15, 0.2) is 0 Å². The highest BCUT2D eigenvalue weighted by molar-refractivity contribution is 5.94. The molecular weight excluding hydrogens is 272 g/mol. The first-order chi connectivity index (χ1) is 9.99. The molecule has 1 aromatic rings. The molecule has 1 aliphatic rings. The maximum absolute atomic E-state index is 12.2. The second-order valence-electron chi connectivity index (χ2n) is 5.38. The van der Waals surface area contributed by atoms with Crippen LogP contribution in [0.15, 0.2) is 12.1 Å². The van der Waals surface area contributed by atoms with Gasteiger partial charge in [0, 0.05) is 20.2 Å². The van der Waals surface area contributed by atoms with Crippen LogP contribution >= 0.6 is 0 Å². The van der Waals surface area contributed by atoms with Crippen LogP contribution in [0.2, 0.25) is 0 Å². The Hall–Kier alpha value is -1.95. The number of aromatic nitrogens is 1. The van der Waals surface area contributed by atoms with Crippen molar-refractivity contribution in [1.29, 1.82) is 0 Å². The third-order valence-electron chi connectivity index (χ3n) is 3.50. The standard InChI is InChI=1S/C15H20N2O4/c1-10-12(15(19)20)5-6-13(16-10)14(18)17(2)7-8-21-9-11-3-4-11/h5-6,11H,3-4,7-9H2,1-2H3,(H,19,20). The summed E-state index contributed by atoms with van der Waals surface area (Å²) in [6, 6.07) is 2.86. The fraction of sp³-hybridized carbons (Fsp3) is 0.533. The van der Waals surface area contributed by atoms with Gasteiger partial charge in [-0.25, -0.2) is 9.78 Å². The Bertz CT molecular complexity index is 540. The monoisotopic (exact) mass is 292 g/mol. The van der Waals surface area contributed by atoms with Crippen LogP contribution in [0.1, 0.15) is 39.4 Å². The van der Waals surface area contributed by atoms with E-state index in [1.807, 2.05) is 0 Å². The van der Waals surface area contributed by atoms with Gasteiger partial charge in [-0.15, -0.1) is 0 Å². The van der Waals surface area contributed by atoms with Crippen LogP contribution < -0.4 is 0 Å². The minimum Gasteiger partial charge on any atom is -0.478 e. The number of rotatable bonds is 7. The number of aromatic carboxylic acids is 1. The zero-order valence-electron chi connectivity index (χ0n) is 12.3. The van der Waals surface area contributed by atoms with Crippen molar-refractivity contribution >= 4 is 11.9 Å². The minimum absolute atomic E-state index is 0.113. The van der Waals surface area contributed by atoms with E-state index in [1.54, 1.807) is 14.0 Å². The lowest BCUT2D eigenvalue weighted by Gasteiger charge is -2.17. The van der Waals surface area contributed by atoms with Crippen LogP contribution in [0.4, 0.5) is 0 Å². The molecule has 1 N–H and O–H groups in total. The van der Waals surface area contributed by atoms with Gasteiger partial charge in [-0.2, -0.15) is 0 Å². The number of carbonyl (C=O) groups is 2. The third kappa shape index (κ3) is 4.26. The highest BCUT2D eigenvalue weighted by atomic mass is 16.5. The largest absolute Gasteiger partial charge is 0.478 e. The number of carbonyl (C=O) groups excluding carboxylic acids is 1. The van der Waals surface area contributed by atoms with Crippen molar-refractivity contribution in [2.45, 2.75) is 19.8 Å². The maximum Gasteiger partial charge on any atom is 0.337 e. The van der Waals surface area contributed by atoms with Crippen LogP contribution in [0.25, 0.3) is 0 Å². The van der Waals surface area contributed by atoms with Gasteiger partial charge in [-0.05, 0) is 37.8 Å². The molecule has 6 nitrogen and oxygen atoms in total. The molecule has 0 saturated heterocycles. The molecule has 21 heavy (non-hydrogen) atoms. The number of aryl methyl sites for hydroxylation is 1. The summed E-state index contributed by atoms with van der Waals surface area (Å²) in [5.74, 6) is -0.565. The SMILES string of the molecule is Cc1nc(C(=O)N(C)CCOCC2CC2)ccc1C(=O)O. The quantitative estimate of drug-likeness (QED) is 0.772. The first-order valence-corrected chi connectivity index (χ1v) is 7.03. The van der Waals surface area contributed by atoms with Gasteiger partial charge in [-0.1, -0.05) is 0 Å². The summed E-state index contributed by atoms with van der Waals surface area (Å²) in [5.41, 5.74) is 0.705. The molecule has 0 spiro atoms. The van der Waals surface area contributed by atoms with Crippen LogP contribution in [-0.4, -0.2) is 53.7 Å². The molecular formula is C15H20N2O4. The fourth-order valence-electron chi connectivity index (χ4n) is 1.94. The summed E-state index contributed by atoms with van der Waals surface area (Å²) < 4.78 is 5.50. The molecule has 1 amide bonds. The van der Waals surface area contributed by atoms with E-state index < -0.39 is 5.97 Å². The Morgan fingerprint density at radius 2 is 2.14 bits per heavy atom. The van der Waals surface area contributed by atoms with Crippen molar-refractivity contribution in [3.05, 3.63) is 29.1 Å². The Morgan fingerprint density at radius 1 is 1.43 bits per heavy atom. The summed E-state index contributed by atoms with van der Waals surface area (Å²) in [6.07, 6.45) is 2.49. The van der Waals surface area contributed by atoms with Gasteiger partial charge in [0.25, 0.3) is 5.91 Å². The van der Waals surface area contributed by atoms with Crippen LogP contribution in [-0.2, 0) is 4.74 Å². The fourth-order valence-corrected chi connectivity index (χ4v) is 1.94. The Labute approximate surface area is 123 Å². The van der Waals surface area contributed by atoms with Gasteiger partial charge in [0.1, 0.15) is 5.69 Å². The molecule has 0 unspecified atom stereocenters. The number of nitrogens with zero attached hydrogens (tertiary/aromatic N) is 2. The number of hydrogen-bond donors (Lipinski definition) is 1. The molecule has 1 heterocycles. The van der Waals surface area contributed by atoms with Crippen molar-refractivity contribution < 1.29 is 19.4 Å². The highest BCUT2D eigenvalue weighted by Crippen LogP contribution is 2.28. The minimum atomic E-state index is -1.04. The van der Waals surface area contributed by atoms with E-state index in [0.717, 1.165) is 6.61 Å². The predicted octanol–water partition coefficient (Wildman–Crippen LogP) is 1.59. The molecule has 114 valence electrons. The van der Waals surface area contributed by atoms with E-state index in [-0.39, 0.29) is 17.2 Å². The van der Waals surface area contributed by atoms with Crippen molar-refractivity contribution in [3.8, 4) is 0 Å². The molecule has 0 radical (unpaired) electrons. The number of carboxylic acids is 1. The molecule has 0 aromatic carbocycles. The number of ether oxygens (including phenoxy) is 1. The van der Waals surface area contributed by atoms with Crippen LogP contribution in [0, 0.1) is 12.8 Å². The van der Waals surface area contributed by atoms with Crippen LogP contribution in [0.5, 0.6) is 0 Å². The maximum atomic E-state index is 12.2. The molecule has 1 aliphatic carbocycles. The lowest BCUT2D eigenvalue weighted by Crippen LogP contribution is -2.31. The second-order valence-corrected chi connectivity index (χ2v) is 5.38. The molecule has 1 aromatic heterocycles. The lowest BCUT2D eigenvalue weighted by atomic mass is 10.2. The van der Waals surface area contributed by atoms with Crippen molar-refractivity contribution in [3.63, 3.8) is 0 Å². The zero-order valence-corrected chi connectivity index (χ0v) is 12.3. The predicted molar refractivity (Wildman–Crippen MR) is 76.4 cm³/mol. The molecule has 1 fully saturated rings. The van der Waals surface area contributed by atoms with Gasteiger partial charge < -0.3 is 14.7 Å². The Balaban J connectivity index is 1.88. The normalized spacial score (nSPS) is 14.0. The van der Waals surface area contributed by atoms with E-state index in [9.17, 15) is 9.59 Å².